The largest absolute Gasteiger partial charge is 0.469 e. The van der Waals surface area contributed by atoms with Crippen molar-refractivity contribution in [3.05, 3.63) is 24.3 Å². The van der Waals surface area contributed by atoms with E-state index in [9.17, 15) is 4.79 Å². The van der Waals surface area contributed by atoms with E-state index in [0.29, 0.717) is 6.42 Å². The van der Waals surface area contributed by atoms with Crippen LogP contribution in [0.5, 0.6) is 0 Å². The van der Waals surface area contributed by atoms with Crippen molar-refractivity contribution >= 4 is 5.97 Å². The molecule has 0 rings (SSSR count). The topological polar surface area (TPSA) is 26.3 Å². The van der Waals surface area contributed by atoms with Crippen molar-refractivity contribution < 1.29 is 9.53 Å². The van der Waals surface area contributed by atoms with E-state index in [1.165, 1.54) is 58.5 Å². The van der Waals surface area contributed by atoms with Gasteiger partial charge in [-0.3, -0.25) is 4.79 Å². The number of carbonyl (C=O) groups excluding carboxylic acids is 1. The molecule has 0 bridgehead atoms. The predicted octanol–water partition coefficient (Wildman–Crippen LogP) is 5.97. The van der Waals surface area contributed by atoms with Crippen molar-refractivity contribution in [1.29, 1.82) is 0 Å². The fraction of sp³-hybridized carbons (Fsp3) is 0.737. The molecule has 0 radical (unpaired) electrons. The van der Waals surface area contributed by atoms with Gasteiger partial charge in [0.1, 0.15) is 0 Å². The van der Waals surface area contributed by atoms with Crippen LogP contribution in [0.15, 0.2) is 24.3 Å². The fourth-order valence-corrected chi connectivity index (χ4v) is 2.21. The first-order valence-electron chi connectivity index (χ1n) is 8.68. The highest BCUT2D eigenvalue weighted by Gasteiger charge is 1.98. The molecule has 0 unspecified atom stereocenters. The van der Waals surface area contributed by atoms with Crippen LogP contribution in [0.2, 0.25) is 0 Å². The third-order valence-corrected chi connectivity index (χ3v) is 3.54. The van der Waals surface area contributed by atoms with Gasteiger partial charge in [-0.05, 0) is 51.4 Å². The minimum atomic E-state index is -0.0804. The minimum absolute atomic E-state index is 0.0804. The van der Waals surface area contributed by atoms with Crippen LogP contribution in [0.25, 0.3) is 0 Å². The SMILES string of the molecule is CC/C=C/CCCC/C=C/CCCCCCCC(=O)OC. The molecule has 0 saturated heterocycles. The van der Waals surface area contributed by atoms with Crippen LogP contribution < -0.4 is 0 Å². The fourth-order valence-electron chi connectivity index (χ4n) is 2.21. The van der Waals surface area contributed by atoms with Gasteiger partial charge in [-0.15, -0.1) is 0 Å². The van der Waals surface area contributed by atoms with Gasteiger partial charge in [0.2, 0.25) is 0 Å². The molecule has 122 valence electrons. The minimum Gasteiger partial charge on any atom is -0.469 e. The summed E-state index contributed by atoms with van der Waals surface area (Å²) in [6, 6.07) is 0. The number of unbranched alkanes of at least 4 members (excludes halogenated alkanes) is 8. The average molecular weight is 294 g/mol. The second-order valence-electron chi connectivity index (χ2n) is 5.52. The molecule has 0 aliphatic heterocycles. The van der Waals surface area contributed by atoms with Gasteiger partial charge in [0.05, 0.1) is 7.11 Å². The second kappa shape index (κ2) is 17.0. The van der Waals surface area contributed by atoms with Crippen molar-refractivity contribution in [1.82, 2.24) is 0 Å². The zero-order valence-electron chi connectivity index (χ0n) is 14.1. The highest BCUT2D eigenvalue weighted by Crippen LogP contribution is 2.09. The maximum atomic E-state index is 10.9. The normalized spacial score (nSPS) is 11.5. The Balaban J connectivity index is 3.15. The van der Waals surface area contributed by atoms with Crippen LogP contribution >= 0.6 is 0 Å². The number of carbonyl (C=O) groups is 1. The van der Waals surface area contributed by atoms with E-state index >= 15 is 0 Å². The van der Waals surface area contributed by atoms with Gasteiger partial charge in [-0.1, -0.05) is 50.5 Å². The van der Waals surface area contributed by atoms with Crippen molar-refractivity contribution in [2.75, 3.05) is 7.11 Å². The Labute approximate surface area is 131 Å². The summed E-state index contributed by atoms with van der Waals surface area (Å²) >= 11 is 0. The lowest BCUT2D eigenvalue weighted by Crippen LogP contribution is -1.98. The summed E-state index contributed by atoms with van der Waals surface area (Å²) in [5.74, 6) is -0.0804. The van der Waals surface area contributed by atoms with Crippen molar-refractivity contribution in [3.63, 3.8) is 0 Å². The Morgan fingerprint density at radius 2 is 1.24 bits per heavy atom. The van der Waals surface area contributed by atoms with Gasteiger partial charge in [0.25, 0.3) is 0 Å². The quantitative estimate of drug-likeness (QED) is 0.224. The molecule has 2 nitrogen and oxygen atoms in total. The average Bonchev–Trinajstić information content (AvgIpc) is 2.50. The molecule has 2 heteroatoms. The number of ether oxygens (including phenoxy) is 1. The summed E-state index contributed by atoms with van der Waals surface area (Å²) in [7, 11) is 1.45. The summed E-state index contributed by atoms with van der Waals surface area (Å²) < 4.78 is 4.62. The maximum absolute atomic E-state index is 10.9. The van der Waals surface area contributed by atoms with E-state index in [-0.39, 0.29) is 5.97 Å². The van der Waals surface area contributed by atoms with Crippen LogP contribution in [0.3, 0.4) is 0 Å². The van der Waals surface area contributed by atoms with Gasteiger partial charge in [0.15, 0.2) is 0 Å². The first-order valence-corrected chi connectivity index (χ1v) is 8.68. The summed E-state index contributed by atoms with van der Waals surface area (Å²) in [5.41, 5.74) is 0. The van der Waals surface area contributed by atoms with Gasteiger partial charge in [0, 0.05) is 6.42 Å². The van der Waals surface area contributed by atoms with Crippen LogP contribution in [0.4, 0.5) is 0 Å². The van der Waals surface area contributed by atoms with Crippen molar-refractivity contribution in [2.45, 2.75) is 84.0 Å². The highest BCUT2D eigenvalue weighted by molar-refractivity contribution is 5.68. The molecule has 0 aromatic heterocycles. The smallest absolute Gasteiger partial charge is 0.305 e. The molecule has 0 amide bonds. The molecular weight excluding hydrogens is 260 g/mol. The van der Waals surface area contributed by atoms with Crippen LogP contribution in [0.1, 0.15) is 84.0 Å². The molecule has 0 aromatic carbocycles. The number of hydrogen-bond donors (Lipinski definition) is 0. The van der Waals surface area contributed by atoms with Gasteiger partial charge < -0.3 is 4.74 Å². The second-order valence-corrected chi connectivity index (χ2v) is 5.52. The van der Waals surface area contributed by atoms with E-state index in [1.807, 2.05) is 0 Å². The number of rotatable bonds is 14. The lowest BCUT2D eigenvalue weighted by Gasteiger charge is -2.00. The first-order chi connectivity index (χ1) is 10.3. The molecule has 0 heterocycles. The Hall–Kier alpha value is -1.05. The Kier molecular flexibility index (Phi) is 16.2. The van der Waals surface area contributed by atoms with Crippen LogP contribution in [0, 0.1) is 0 Å². The lowest BCUT2D eigenvalue weighted by atomic mass is 10.1. The van der Waals surface area contributed by atoms with E-state index in [0.717, 1.165) is 19.3 Å². The highest BCUT2D eigenvalue weighted by atomic mass is 16.5. The molecule has 0 saturated carbocycles. The van der Waals surface area contributed by atoms with Gasteiger partial charge >= 0.3 is 5.97 Å². The number of methoxy groups -OCH3 is 1. The Morgan fingerprint density at radius 1 is 0.762 bits per heavy atom. The van der Waals surface area contributed by atoms with E-state index in [1.54, 1.807) is 0 Å². The van der Waals surface area contributed by atoms with E-state index in [4.69, 9.17) is 0 Å². The molecule has 0 spiro atoms. The third-order valence-electron chi connectivity index (χ3n) is 3.54. The first kappa shape index (κ1) is 19.9. The maximum Gasteiger partial charge on any atom is 0.305 e. The molecule has 0 aromatic rings. The molecule has 0 aliphatic rings. The zero-order valence-corrected chi connectivity index (χ0v) is 14.1. The van der Waals surface area contributed by atoms with Crippen molar-refractivity contribution in [3.8, 4) is 0 Å². The Morgan fingerprint density at radius 3 is 1.81 bits per heavy atom. The summed E-state index contributed by atoms with van der Waals surface area (Å²) in [5, 5.41) is 0. The number of esters is 1. The monoisotopic (exact) mass is 294 g/mol. The van der Waals surface area contributed by atoms with Crippen molar-refractivity contribution in [2.24, 2.45) is 0 Å². The molecule has 0 atom stereocenters. The molecule has 0 N–H and O–H groups in total. The number of hydrogen-bond acceptors (Lipinski definition) is 2. The standard InChI is InChI=1S/C19H34O2/c1-3-4-5-6-7-8-9-10-11-12-13-14-15-16-17-18-19(20)21-2/h4-5,10-11H,3,6-9,12-18H2,1-2H3/b5-4+,11-10+. The van der Waals surface area contributed by atoms with Crippen LogP contribution in [-0.4, -0.2) is 13.1 Å². The van der Waals surface area contributed by atoms with Gasteiger partial charge in [-0.2, -0.15) is 0 Å². The summed E-state index contributed by atoms with van der Waals surface area (Å²) in [6.45, 7) is 2.18. The molecular formula is C19H34O2. The summed E-state index contributed by atoms with van der Waals surface area (Å²) in [6.07, 6.45) is 23.1. The van der Waals surface area contributed by atoms with Crippen LogP contribution in [-0.2, 0) is 9.53 Å². The molecule has 0 aliphatic carbocycles. The molecule has 0 fully saturated rings. The van der Waals surface area contributed by atoms with Gasteiger partial charge in [-0.25, -0.2) is 0 Å². The predicted molar refractivity (Wildman–Crippen MR) is 91.4 cm³/mol. The summed E-state index contributed by atoms with van der Waals surface area (Å²) in [4.78, 5) is 10.9. The van der Waals surface area contributed by atoms with E-state index < -0.39 is 0 Å². The third kappa shape index (κ3) is 16.9. The van der Waals surface area contributed by atoms with E-state index in [2.05, 4.69) is 36.0 Å². The number of allylic oxidation sites excluding steroid dienone is 4. The Bertz CT molecular complexity index is 279. The lowest BCUT2D eigenvalue weighted by molar-refractivity contribution is -0.140. The zero-order chi connectivity index (χ0) is 15.6. The molecule has 21 heavy (non-hydrogen) atoms.